The molecule has 0 bridgehead atoms. The van der Waals surface area contributed by atoms with Crippen molar-refractivity contribution in [2.24, 2.45) is 4.99 Å². The second kappa shape index (κ2) is 9.47. The summed E-state index contributed by atoms with van der Waals surface area (Å²) < 4.78 is 5.44. The Morgan fingerprint density at radius 2 is 1.87 bits per heavy atom. The zero-order valence-corrected chi connectivity index (χ0v) is 17.6. The van der Waals surface area contributed by atoms with Crippen molar-refractivity contribution >= 4 is 18.0 Å². The molecule has 0 fully saturated rings. The summed E-state index contributed by atoms with van der Waals surface area (Å²) in [6, 6.07) is 17.9. The molecular weight excluding hydrogens is 392 g/mol. The minimum atomic E-state index is -0.362. The number of ether oxygens (including phenoxy) is 1. The average molecular weight is 418 g/mol. The van der Waals surface area contributed by atoms with Gasteiger partial charge in [0.05, 0.1) is 0 Å². The number of carbonyl (C=O) groups excluding carboxylic acids is 2. The summed E-state index contributed by atoms with van der Waals surface area (Å²) in [4.78, 5) is 32.7. The molecule has 2 aliphatic rings. The third kappa shape index (κ3) is 4.94. The van der Waals surface area contributed by atoms with Crippen LogP contribution in [-0.4, -0.2) is 47.4 Å². The number of amidine groups is 1. The first kappa shape index (κ1) is 20.7. The fourth-order valence-electron chi connectivity index (χ4n) is 3.66. The zero-order valence-electron chi connectivity index (χ0n) is 17.6. The van der Waals surface area contributed by atoms with Crippen LogP contribution in [0.1, 0.15) is 23.1 Å². The van der Waals surface area contributed by atoms with Crippen LogP contribution in [0.5, 0.6) is 0 Å². The third-order valence-electron chi connectivity index (χ3n) is 5.48. The molecule has 0 saturated carbocycles. The van der Waals surface area contributed by atoms with Gasteiger partial charge in [0.15, 0.2) is 0 Å². The summed E-state index contributed by atoms with van der Waals surface area (Å²) >= 11 is 0. The predicted octanol–water partition coefficient (Wildman–Crippen LogP) is 3.21. The molecule has 7 heteroatoms. The number of benzene rings is 2. The Balaban J connectivity index is 1.32. The second-order valence-corrected chi connectivity index (χ2v) is 7.64. The lowest BCUT2D eigenvalue weighted by molar-refractivity contribution is -0.118. The van der Waals surface area contributed by atoms with E-state index in [9.17, 15) is 9.59 Å². The van der Waals surface area contributed by atoms with Crippen molar-refractivity contribution < 1.29 is 14.3 Å². The van der Waals surface area contributed by atoms with Crippen LogP contribution < -0.4 is 5.32 Å². The van der Waals surface area contributed by atoms with E-state index in [2.05, 4.69) is 22.4 Å². The molecule has 2 aromatic carbocycles. The first-order chi connectivity index (χ1) is 15.1. The van der Waals surface area contributed by atoms with Crippen LogP contribution in [0, 0.1) is 6.92 Å². The molecule has 3 amide bonds. The van der Waals surface area contributed by atoms with Gasteiger partial charge in [-0.3, -0.25) is 9.69 Å². The molecule has 2 aliphatic heterocycles. The van der Waals surface area contributed by atoms with E-state index in [1.54, 1.807) is 9.80 Å². The summed E-state index contributed by atoms with van der Waals surface area (Å²) in [5.74, 6) is -0.224. The number of urea groups is 1. The summed E-state index contributed by atoms with van der Waals surface area (Å²) in [6.45, 7) is 3.94. The first-order valence-electron chi connectivity index (χ1n) is 10.5. The molecule has 4 rings (SSSR count). The van der Waals surface area contributed by atoms with Crippen molar-refractivity contribution in [1.29, 1.82) is 0 Å². The van der Waals surface area contributed by atoms with Gasteiger partial charge in [-0.25, -0.2) is 4.79 Å². The smallest absolute Gasteiger partial charge is 0.348 e. The van der Waals surface area contributed by atoms with Crippen LogP contribution in [0.15, 0.2) is 71.5 Å². The van der Waals surface area contributed by atoms with Crippen LogP contribution in [0.2, 0.25) is 0 Å². The fraction of sp³-hybridized carbons (Fsp3) is 0.292. The monoisotopic (exact) mass is 418 g/mol. The molecule has 0 unspecified atom stereocenters. The fourth-order valence-corrected chi connectivity index (χ4v) is 3.66. The summed E-state index contributed by atoms with van der Waals surface area (Å²) in [7, 11) is 0. The highest BCUT2D eigenvalue weighted by atomic mass is 16.5. The first-order valence-corrected chi connectivity index (χ1v) is 10.5. The summed E-state index contributed by atoms with van der Waals surface area (Å²) in [6.07, 6.45) is 3.11. The number of carbonyl (C=O) groups is 2. The quantitative estimate of drug-likeness (QED) is 0.701. The summed E-state index contributed by atoms with van der Waals surface area (Å²) in [5, 5.41) is 2.94. The Morgan fingerprint density at radius 3 is 2.68 bits per heavy atom. The maximum absolute atomic E-state index is 12.7. The molecule has 0 aromatic heterocycles. The highest BCUT2D eigenvalue weighted by Gasteiger charge is 2.33. The van der Waals surface area contributed by atoms with E-state index in [1.165, 1.54) is 11.8 Å². The van der Waals surface area contributed by atoms with Gasteiger partial charge in [-0.15, -0.1) is 4.99 Å². The lowest BCUT2D eigenvalue weighted by atomic mass is 10.1. The zero-order chi connectivity index (χ0) is 21.6. The molecule has 0 radical (unpaired) electrons. The number of hydrogen-bond acceptors (Lipinski definition) is 4. The Bertz CT molecular complexity index is 1020. The standard InChI is InChI=1S/C24H26N4O3/c1-18-8-5-6-12-20(18)16-27-14-15-28-21(17-31-24(28)26-23(27)30)22(29)25-13-7-11-19-9-3-2-4-10-19/h2-6,8-10,12,17H,7,11,13-16H2,1H3,(H,25,29). The molecule has 0 atom stereocenters. The minimum absolute atomic E-state index is 0.159. The van der Waals surface area contributed by atoms with Gasteiger partial charge in [-0.2, -0.15) is 0 Å². The van der Waals surface area contributed by atoms with Crippen LogP contribution in [0.3, 0.4) is 0 Å². The van der Waals surface area contributed by atoms with E-state index in [4.69, 9.17) is 4.74 Å². The van der Waals surface area contributed by atoms with Gasteiger partial charge >= 0.3 is 12.1 Å². The normalized spacial score (nSPS) is 15.6. The van der Waals surface area contributed by atoms with Crippen molar-refractivity contribution in [3.63, 3.8) is 0 Å². The average Bonchev–Trinajstić information content (AvgIpc) is 3.11. The topological polar surface area (TPSA) is 74.2 Å². The number of amides is 3. The number of nitrogens with zero attached hydrogens (tertiary/aromatic N) is 3. The Hall–Kier alpha value is -3.61. The van der Waals surface area contributed by atoms with E-state index < -0.39 is 0 Å². The molecular formula is C24H26N4O3. The van der Waals surface area contributed by atoms with Crippen molar-refractivity contribution in [3.05, 3.63) is 83.2 Å². The molecule has 0 saturated heterocycles. The van der Waals surface area contributed by atoms with Crippen LogP contribution in [0.4, 0.5) is 4.79 Å². The highest BCUT2D eigenvalue weighted by Crippen LogP contribution is 2.20. The predicted molar refractivity (Wildman–Crippen MR) is 118 cm³/mol. The Morgan fingerprint density at radius 1 is 1.10 bits per heavy atom. The number of hydrogen-bond donors (Lipinski definition) is 1. The molecule has 0 spiro atoms. The third-order valence-corrected chi connectivity index (χ3v) is 5.48. The number of rotatable bonds is 7. The number of nitrogens with one attached hydrogen (secondary N) is 1. The highest BCUT2D eigenvalue weighted by molar-refractivity contribution is 6.01. The molecule has 2 aromatic rings. The summed E-state index contributed by atoms with van der Waals surface area (Å²) in [5.41, 5.74) is 3.82. The molecule has 1 N–H and O–H groups in total. The molecule has 7 nitrogen and oxygen atoms in total. The van der Waals surface area contributed by atoms with E-state index in [0.29, 0.717) is 31.9 Å². The van der Waals surface area contributed by atoms with E-state index in [0.717, 1.165) is 24.0 Å². The molecule has 0 aliphatic carbocycles. The van der Waals surface area contributed by atoms with Crippen molar-refractivity contribution in [2.45, 2.75) is 26.3 Å². The molecule has 31 heavy (non-hydrogen) atoms. The lowest BCUT2D eigenvalue weighted by Gasteiger charge is -2.22. The van der Waals surface area contributed by atoms with E-state index in [1.807, 2.05) is 49.4 Å². The van der Waals surface area contributed by atoms with Crippen molar-refractivity contribution in [3.8, 4) is 0 Å². The van der Waals surface area contributed by atoms with E-state index in [-0.39, 0.29) is 18.0 Å². The Kier molecular flexibility index (Phi) is 6.31. The second-order valence-electron chi connectivity index (χ2n) is 7.64. The van der Waals surface area contributed by atoms with Gasteiger partial charge in [0.25, 0.3) is 5.91 Å². The van der Waals surface area contributed by atoms with Crippen LogP contribution >= 0.6 is 0 Å². The van der Waals surface area contributed by atoms with Gasteiger partial charge in [-0.1, -0.05) is 54.6 Å². The van der Waals surface area contributed by atoms with Gasteiger partial charge in [0, 0.05) is 26.2 Å². The molecule has 2 heterocycles. The Labute approximate surface area is 182 Å². The number of fused-ring (bicyclic) bond motifs is 1. The van der Waals surface area contributed by atoms with Crippen LogP contribution in [0.25, 0.3) is 0 Å². The minimum Gasteiger partial charge on any atom is -0.431 e. The van der Waals surface area contributed by atoms with Crippen molar-refractivity contribution in [1.82, 2.24) is 15.1 Å². The van der Waals surface area contributed by atoms with Gasteiger partial charge < -0.3 is 15.0 Å². The van der Waals surface area contributed by atoms with Crippen LogP contribution in [-0.2, 0) is 22.5 Å². The van der Waals surface area contributed by atoms with Crippen molar-refractivity contribution in [2.75, 3.05) is 19.6 Å². The van der Waals surface area contributed by atoms with Gasteiger partial charge in [0.1, 0.15) is 12.0 Å². The van der Waals surface area contributed by atoms with E-state index >= 15 is 0 Å². The maximum Gasteiger partial charge on any atom is 0.348 e. The maximum atomic E-state index is 12.7. The number of aryl methyl sites for hydroxylation is 2. The SMILES string of the molecule is Cc1ccccc1CN1CCN2C(C(=O)NCCCc3ccccc3)=COC2=NC1=O. The largest absolute Gasteiger partial charge is 0.431 e. The van der Waals surface area contributed by atoms with Gasteiger partial charge in [-0.05, 0) is 36.5 Å². The van der Waals surface area contributed by atoms with Gasteiger partial charge in [0.2, 0.25) is 0 Å². The number of aliphatic imine (C=N–C) groups is 1. The molecule has 160 valence electrons. The lowest BCUT2D eigenvalue weighted by Crippen LogP contribution is -2.38.